The van der Waals surface area contributed by atoms with Crippen molar-refractivity contribution in [1.82, 2.24) is 5.32 Å². The number of halogens is 3. The number of aryl methyl sites for hydroxylation is 1. The molecule has 0 bridgehead atoms. The summed E-state index contributed by atoms with van der Waals surface area (Å²) in [6.45, 7) is 3.32. The maximum atomic E-state index is 13.5. The zero-order valence-corrected chi connectivity index (χ0v) is 11.6. The van der Waals surface area contributed by atoms with Crippen LogP contribution in [0.4, 0.5) is 13.2 Å². The van der Waals surface area contributed by atoms with E-state index in [0.29, 0.717) is 17.7 Å². The van der Waals surface area contributed by atoms with Crippen molar-refractivity contribution in [3.8, 4) is 0 Å². The van der Waals surface area contributed by atoms with Crippen molar-refractivity contribution < 1.29 is 18.0 Å². The Morgan fingerprint density at radius 2 is 1.71 bits per heavy atom. The molecule has 0 saturated heterocycles. The maximum Gasteiger partial charge on any atom is 0.251 e. The predicted molar refractivity (Wildman–Crippen MR) is 73.4 cm³/mol. The summed E-state index contributed by atoms with van der Waals surface area (Å²) >= 11 is 0. The van der Waals surface area contributed by atoms with Crippen LogP contribution in [0.25, 0.3) is 0 Å². The molecule has 2 aromatic rings. The third kappa shape index (κ3) is 3.24. The van der Waals surface area contributed by atoms with Crippen LogP contribution in [0.3, 0.4) is 0 Å². The standard InChI is InChI=1S/C16H14F3NO/c1-9-4-3-5-12(10(9)2)16(21)20-8-13-14(18)6-11(17)7-15(13)19/h3-7H,8H2,1-2H3,(H,20,21). The second-order valence-electron chi connectivity index (χ2n) is 4.78. The number of hydrogen-bond donors (Lipinski definition) is 1. The lowest BCUT2D eigenvalue weighted by atomic mass is 10.0. The lowest BCUT2D eigenvalue weighted by Crippen LogP contribution is -2.25. The number of carbonyl (C=O) groups excluding carboxylic acids is 1. The largest absolute Gasteiger partial charge is 0.348 e. The van der Waals surface area contributed by atoms with E-state index in [9.17, 15) is 18.0 Å². The van der Waals surface area contributed by atoms with Crippen LogP contribution in [-0.2, 0) is 6.54 Å². The molecule has 0 saturated carbocycles. The Balaban J connectivity index is 2.17. The van der Waals surface area contributed by atoms with Crippen molar-refractivity contribution in [3.05, 3.63) is 70.0 Å². The average Bonchev–Trinajstić information content (AvgIpc) is 2.40. The van der Waals surface area contributed by atoms with Crippen molar-refractivity contribution in [2.24, 2.45) is 0 Å². The van der Waals surface area contributed by atoms with Crippen molar-refractivity contribution in [1.29, 1.82) is 0 Å². The highest BCUT2D eigenvalue weighted by Gasteiger charge is 2.14. The van der Waals surface area contributed by atoms with Gasteiger partial charge in [0.05, 0.1) is 0 Å². The molecule has 0 spiro atoms. The number of benzene rings is 2. The third-order valence-corrected chi connectivity index (χ3v) is 3.38. The van der Waals surface area contributed by atoms with Gasteiger partial charge in [0, 0.05) is 29.8 Å². The molecule has 2 nitrogen and oxygen atoms in total. The van der Waals surface area contributed by atoms with Crippen molar-refractivity contribution in [2.75, 3.05) is 0 Å². The van der Waals surface area contributed by atoms with Crippen LogP contribution in [0, 0.1) is 31.3 Å². The van der Waals surface area contributed by atoms with Crippen LogP contribution in [0.2, 0.25) is 0 Å². The van der Waals surface area contributed by atoms with Gasteiger partial charge in [0.15, 0.2) is 0 Å². The fourth-order valence-electron chi connectivity index (χ4n) is 2.00. The highest BCUT2D eigenvalue weighted by Crippen LogP contribution is 2.16. The molecule has 0 fully saturated rings. The fraction of sp³-hybridized carbons (Fsp3) is 0.188. The molecule has 21 heavy (non-hydrogen) atoms. The smallest absolute Gasteiger partial charge is 0.251 e. The van der Waals surface area contributed by atoms with Crippen LogP contribution < -0.4 is 5.32 Å². The molecule has 1 amide bonds. The Bertz CT molecular complexity index is 675. The molecule has 0 aliphatic carbocycles. The zero-order chi connectivity index (χ0) is 15.6. The molecule has 0 atom stereocenters. The van der Waals surface area contributed by atoms with Crippen LogP contribution in [0.1, 0.15) is 27.0 Å². The van der Waals surface area contributed by atoms with Gasteiger partial charge in [-0.1, -0.05) is 12.1 Å². The van der Waals surface area contributed by atoms with Gasteiger partial charge in [-0.3, -0.25) is 4.79 Å². The van der Waals surface area contributed by atoms with Crippen molar-refractivity contribution in [2.45, 2.75) is 20.4 Å². The highest BCUT2D eigenvalue weighted by molar-refractivity contribution is 5.95. The first-order valence-electron chi connectivity index (χ1n) is 6.38. The average molecular weight is 293 g/mol. The minimum atomic E-state index is -1.02. The zero-order valence-electron chi connectivity index (χ0n) is 11.6. The third-order valence-electron chi connectivity index (χ3n) is 3.38. The van der Waals surface area contributed by atoms with E-state index in [-0.39, 0.29) is 12.1 Å². The summed E-state index contributed by atoms with van der Waals surface area (Å²) < 4.78 is 39.8. The Morgan fingerprint density at radius 3 is 2.33 bits per heavy atom. The number of amides is 1. The van der Waals surface area contributed by atoms with Gasteiger partial charge in [0.1, 0.15) is 17.5 Å². The van der Waals surface area contributed by atoms with Gasteiger partial charge in [-0.25, -0.2) is 13.2 Å². The summed E-state index contributed by atoms with van der Waals surface area (Å²) in [6.07, 6.45) is 0. The molecule has 0 aliphatic heterocycles. The molecule has 0 aromatic heterocycles. The van der Waals surface area contributed by atoms with E-state index < -0.39 is 23.4 Å². The number of carbonyl (C=O) groups is 1. The lowest BCUT2D eigenvalue weighted by Gasteiger charge is -2.10. The van der Waals surface area contributed by atoms with Crippen LogP contribution >= 0.6 is 0 Å². The molecule has 2 aromatic carbocycles. The summed E-state index contributed by atoms with van der Waals surface area (Å²) in [5.41, 5.74) is 1.82. The van der Waals surface area contributed by atoms with Gasteiger partial charge < -0.3 is 5.32 Å². The quantitative estimate of drug-likeness (QED) is 0.919. The van der Waals surface area contributed by atoms with Gasteiger partial charge in [-0.05, 0) is 31.0 Å². The van der Waals surface area contributed by atoms with Crippen molar-refractivity contribution in [3.63, 3.8) is 0 Å². The Hall–Kier alpha value is -2.30. The van der Waals surface area contributed by atoms with Gasteiger partial charge >= 0.3 is 0 Å². The normalized spacial score (nSPS) is 10.5. The minimum absolute atomic E-state index is 0.343. The van der Waals surface area contributed by atoms with Gasteiger partial charge in [-0.2, -0.15) is 0 Å². The van der Waals surface area contributed by atoms with E-state index in [1.165, 1.54) is 0 Å². The predicted octanol–water partition coefficient (Wildman–Crippen LogP) is 3.65. The van der Waals surface area contributed by atoms with E-state index >= 15 is 0 Å². The topological polar surface area (TPSA) is 29.1 Å². The van der Waals surface area contributed by atoms with Gasteiger partial charge in [0.2, 0.25) is 0 Å². The molecule has 0 radical (unpaired) electrons. The second-order valence-corrected chi connectivity index (χ2v) is 4.78. The molecule has 5 heteroatoms. The molecule has 0 unspecified atom stereocenters. The molecule has 110 valence electrons. The van der Waals surface area contributed by atoms with Crippen molar-refractivity contribution >= 4 is 5.91 Å². The Labute approximate surface area is 120 Å². The minimum Gasteiger partial charge on any atom is -0.348 e. The fourth-order valence-corrected chi connectivity index (χ4v) is 2.00. The second kappa shape index (κ2) is 5.99. The SMILES string of the molecule is Cc1cccc(C(=O)NCc2c(F)cc(F)cc2F)c1C. The molecule has 1 N–H and O–H groups in total. The maximum absolute atomic E-state index is 13.5. The van der Waals surface area contributed by atoms with E-state index in [1.54, 1.807) is 19.1 Å². The number of nitrogens with one attached hydrogen (secondary N) is 1. The summed E-state index contributed by atoms with van der Waals surface area (Å²) in [4.78, 5) is 12.1. The van der Waals surface area contributed by atoms with E-state index in [4.69, 9.17) is 0 Å². The van der Waals surface area contributed by atoms with E-state index in [0.717, 1.165) is 11.1 Å². The summed E-state index contributed by atoms with van der Waals surface area (Å²) in [5.74, 6) is -3.46. The first kappa shape index (κ1) is 15.1. The summed E-state index contributed by atoms with van der Waals surface area (Å²) in [6, 6.07) is 6.40. The molecule has 2 rings (SSSR count). The Morgan fingerprint density at radius 1 is 1.10 bits per heavy atom. The molecule has 0 aliphatic rings. The first-order chi connectivity index (χ1) is 9.90. The van der Waals surface area contributed by atoms with E-state index in [1.807, 2.05) is 13.0 Å². The summed E-state index contributed by atoms with van der Waals surface area (Å²) in [7, 11) is 0. The van der Waals surface area contributed by atoms with Crippen LogP contribution in [-0.4, -0.2) is 5.91 Å². The monoisotopic (exact) mass is 293 g/mol. The summed E-state index contributed by atoms with van der Waals surface area (Å²) in [5, 5.41) is 2.44. The Kier molecular flexibility index (Phi) is 4.31. The molecular weight excluding hydrogens is 279 g/mol. The highest BCUT2D eigenvalue weighted by atomic mass is 19.1. The van der Waals surface area contributed by atoms with Crippen LogP contribution in [0.15, 0.2) is 30.3 Å². The van der Waals surface area contributed by atoms with Crippen LogP contribution in [0.5, 0.6) is 0 Å². The number of hydrogen-bond acceptors (Lipinski definition) is 1. The number of rotatable bonds is 3. The lowest BCUT2D eigenvalue weighted by molar-refractivity contribution is 0.0949. The van der Waals surface area contributed by atoms with Gasteiger partial charge in [-0.15, -0.1) is 0 Å². The van der Waals surface area contributed by atoms with Gasteiger partial charge in [0.25, 0.3) is 5.91 Å². The molecule has 0 heterocycles. The molecular formula is C16H14F3NO. The first-order valence-corrected chi connectivity index (χ1v) is 6.38. The van der Waals surface area contributed by atoms with E-state index in [2.05, 4.69) is 5.32 Å².